The maximum absolute atomic E-state index is 14.5. The molecule has 0 aromatic heterocycles. The monoisotopic (exact) mass is 480 g/mol. The number of rotatable bonds is 7. The van der Waals surface area contributed by atoms with Crippen LogP contribution in [0.25, 0.3) is 10.8 Å². The lowest BCUT2D eigenvalue weighted by Crippen LogP contribution is -2.12. The van der Waals surface area contributed by atoms with Crippen LogP contribution < -0.4 is 0 Å². The average Bonchev–Trinajstić information content (AvgIpc) is 2.87. The van der Waals surface area contributed by atoms with Crippen LogP contribution in [0.3, 0.4) is 0 Å². The summed E-state index contributed by atoms with van der Waals surface area (Å²) in [7, 11) is 0. The Bertz CT molecular complexity index is 1230. The molecule has 0 saturated heterocycles. The zero-order valence-electron chi connectivity index (χ0n) is 20.3. The molecule has 1 fully saturated rings. The summed E-state index contributed by atoms with van der Waals surface area (Å²) in [4.78, 5) is 0. The lowest BCUT2D eigenvalue weighted by atomic mass is 9.78. The Morgan fingerprint density at radius 3 is 2.29 bits per heavy atom. The molecule has 0 spiro atoms. The van der Waals surface area contributed by atoms with E-state index in [0.717, 1.165) is 55.7 Å². The third-order valence-electron chi connectivity index (χ3n) is 7.21. The van der Waals surface area contributed by atoms with Gasteiger partial charge in [-0.05, 0) is 79.2 Å². The van der Waals surface area contributed by atoms with E-state index in [2.05, 4.69) is 18.8 Å². The quantitative estimate of drug-likeness (QED) is 0.137. The van der Waals surface area contributed by atoms with E-state index < -0.39 is 17.5 Å². The molecule has 1 aliphatic rings. The number of hydrogen-bond acceptors (Lipinski definition) is 0. The molecule has 1 saturated carbocycles. The van der Waals surface area contributed by atoms with Crippen LogP contribution in [0.15, 0.2) is 42.5 Å². The summed E-state index contributed by atoms with van der Waals surface area (Å²) in [5, 5.41) is 0.470. The summed E-state index contributed by atoms with van der Waals surface area (Å²) >= 11 is 0. The molecule has 0 unspecified atom stereocenters. The van der Waals surface area contributed by atoms with Crippen molar-refractivity contribution in [3.63, 3.8) is 0 Å². The molecular formula is C31H32F4. The van der Waals surface area contributed by atoms with Crippen molar-refractivity contribution in [2.75, 3.05) is 0 Å². The Morgan fingerprint density at radius 2 is 1.54 bits per heavy atom. The fourth-order valence-corrected chi connectivity index (χ4v) is 5.08. The highest BCUT2D eigenvalue weighted by atomic mass is 19.2. The van der Waals surface area contributed by atoms with Crippen LogP contribution in [0.1, 0.15) is 87.3 Å². The van der Waals surface area contributed by atoms with Gasteiger partial charge in [0.1, 0.15) is 5.82 Å². The first-order valence-electron chi connectivity index (χ1n) is 12.8. The topological polar surface area (TPSA) is 0 Å². The molecular weight excluding hydrogens is 448 g/mol. The van der Waals surface area contributed by atoms with Gasteiger partial charge in [0.25, 0.3) is 0 Å². The summed E-state index contributed by atoms with van der Waals surface area (Å²) in [5.41, 5.74) is 2.49. The van der Waals surface area contributed by atoms with Crippen LogP contribution >= 0.6 is 0 Å². The van der Waals surface area contributed by atoms with Crippen LogP contribution in [0, 0.1) is 41.0 Å². The predicted octanol–water partition coefficient (Wildman–Crippen LogP) is 9.23. The third-order valence-corrected chi connectivity index (χ3v) is 7.21. The van der Waals surface area contributed by atoms with E-state index in [-0.39, 0.29) is 23.0 Å². The van der Waals surface area contributed by atoms with Crippen LogP contribution in [0.2, 0.25) is 0 Å². The third kappa shape index (κ3) is 6.26. The summed E-state index contributed by atoms with van der Waals surface area (Å²) in [6, 6.07) is 11.6. The lowest BCUT2D eigenvalue weighted by molar-refractivity contribution is 0.385. The Balaban J connectivity index is 1.34. The van der Waals surface area contributed by atoms with E-state index >= 15 is 0 Å². The largest absolute Gasteiger partial charge is 0.206 e. The lowest BCUT2D eigenvalue weighted by Gasteiger charge is -2.26. The molecule has 0 bridgehead atoms. The molecule has 0 nitrogen and oxygen atoms in total. The summed E-state index contributed by atoms with van der Waals surface area (Å²) in [5.74, 6) is 2.78. The molecule has 0 N–H and O–H groups in total. The molecule has 4 heteroatoms. The van der Waals surface area contributed by atoms with Gasteiger partial charge >= 0.3 is 0 Å². The zero-order chi connectivity index (χ0) is 24.8. The van der Waals surface area contributed by atoms with E-state index in [1.165, 1.54) is 31.7 Å². The highest BCUT2D eigenvalue weighted by Gasteiger charge is 2.22. The van der Waals surface area contributed by atoms with Crippen molar-refractivity contribution in [1.82, 2.24) is 0 Å². The van der Waals surface area contributed by atoms with Crippen molar-refractivity contribution in [3.05, 3.63) is 82.4 Å². The highest BCUT2D eigenvalue weighted by molar-refractivity contribution is 5.84. The van der Waals surface area contributed by atoms with Gasteiger partial charge in [-0.15, -0.1) is 0 Å². The van der Waals surface area contributed by atoms with E-state index in [4.69, 9.17) is 0 Å². The number of hydrogen-bond donors (Lipinski definition) is 0. The first-order chi connectivity index (χ1) is 17.0. The Labute approximate surface area is 205 Å². The second kappa shape index (κ2) is 11.8. The number of fused-ring (bicyclic) bond motifs is 1. The normalized spacial score (nSPS) is 17.9. The van der Waals surface area contributed by atoms with Crippen molar-refractivity contribution in [1.29, 1.82) is 0 Å². The molecule has 0 aliphatic heterocycles. The Morgan fingerprint density at radius 1 is 0.771 bits per heavy atom. The van der Waals surface area contributed by atoms with Gasteiger partial charge in [0.15, 0.2) is 17.5 Å². The van der Waals surface area contributed by atoms with E-state index in [9.17, 15) is 17.6 Å². The number of benzene rings is 3. The van der Waals surface area contributed by atoms with Crippen molar-refractivity contribution < 1.29 is 17.6 Å². The minimum Gasteiger partial charge on any atom is -0.206 e. The van der Waals surface area contributed by atoms with E-state index in [1.807, 2.05) is 6.07 Å². The van der Waals surface area contributed by atoms with Gasteiger partial charge in [-0.3, -0.25) is 0 Å². The van der Waals surface area contributed by atoms with E-state index in [1.54, 1.807) is 24.3 Å². The predicted molar refractivity (Wildman–Crippen MR) is 134 cm³/mol. The Kier molecular flexibility index (Phi) is 8.50. The Hall–Kier alpha value is -2.80. The SMILES string of the molecule is CCCCCCCc1ccc(C#CC2CCC(c3ccc4c(F)c(F)c(F)cc4c3)CC2)c(F)c1. The first-order valence-corrected chi connectivity index (χ1v) is 12.8. The van der Waals surface area contributed by atoms with Gasteiger partial charge in [0, 0.05) is 11.3 Å². The van der Waals surface area contributed by atoms with Gasteiger partial charge in [-0.25, -0.2) is 17.6 Å². The van der Waals surface area contributed by atoms with Crippen LogP contribution in [-0.4, -0.2) is 0 Å². The van der Waals surface area contributed by atoms with Crippen molar-refractivity contribution in [2.24, 2.45) is 5.92 Å². The van der Waals surface area contributed by atoms with Gasteiger partial charge in [-0.1, -0.05) is 68.7 Å². The highest BCUT2D eigenvalue weighted by Crippen LogP contribution is 2.37. The van der Waals surface area contributed by atoms with Crippen molar-refractivity contribution >= 4 is 10.8 Å². The second-order valence-corrected chi connectivity index (χ2v) is 9.76. The maximum Gasteiger partial charge on any atom is 0.195 e. The molecule has 0 amide bonds. The molecule has 0 radical (unpaired) electrons. The second-order valence-electron chi connectivity index (χ2n) is 9.76. The van der Waals surface area contributed by atoms with Gasteiger partial charge in [-0.2, -0.15) is 0 Å². The number of aryl methyl sites for hydroxylation is 1. The van der Waals surface area contributed by atoms with Crippen LogP contribution in [0.4, 0.5) is 17.6 Å². The minimum atomic E-state index is -1.43. The van der Waals surface area contributed by atoms with E-state index in [0.29, 0.717) is 10.9 Å². The first kappa shape index (κ1) is 25.3. The van der Waals surface area contributed by atoms with Gasteiger partial charge in [0.2, 0.25) is 0 Å². The zero-order valence-corrected chi connectivity index (χ0v) is 20.3. The van der Waals surface area contributed by atoms with Crippen LogP contribution in [-0.2, 0) is 6.42 Å². The van der Waals surface area contributed by atoms with Crippen LogP contribution in [0.5, 0.6) is 0 Å². The summed E-state index contributed by atoms with van der Waals surface area (Å²) in [6.07, 6.45) is 10.5. The number of unbranched alkanes of at least 4 members (excludes halogenated alkanes) is 4. The summed E-state index contributed by atoms with van der Waals surface area (Å²) in [6.45, 7) is 2.20. The minimum absolute atomic E-state index is 0.0942. The fourth-order valence-electron chi connectivity index (χ4n) is 5.08. The standard InChI is InChI=1S/C31H32F4/c1-2-3-4-5-6-7-22-11-15-24(28(32)18-22)14-10-21-8-12-23(13-9-21)25-16-17-27-26(19-25)20-29(33)31(35)30(27)34/h11,15-21,23H,2-9,12-13H2,1H3. The van der Waals surface area contributed by atoms with Crippen molar-refractivity contribution in [2.45, 2.75) is 77.0 Å². The molecule has 35 heavy (non-hydrogen) atoms. The van der Waals surface area contributed by atoms with Gasteiger partial charge < -0.3 is 0 Å². The molecule has 3 aromatic carbocycles. The molecule has 0 heterocycles. The molecule has 4 rings (SSSR count). The molecule has 184 valence electrons. The number of halogens is 4. The van der Waals surface area contributed by atoms with Gasteiger partial charge in [0.05, 0.1) is 5.56 Å². The fraction of sp³-hybridized carbons (Fsp3) is 0.419. The average molecular weight is 481 g/mol. The molecule has 0 atom stereocenters. The molecule has 3 aromatic rings. The summed E-state index contributed by atoms with van der Waals surface area (Å²) < 4.78 is 55.7. The smallest absolute Gasteiger partial charge is 0.195 e. The molecule has 1 aliphatic carbocycles. The van der Waals surface area contributed by atoms with Crippen molar-refractivity contribution in [3.8, 4) is 11.8 Å². The maximum atomic E-state index is 14.5.